The van der Waals surface area contributed by atoms with Gasteiger partial charge in [-0.2, -0.15) is 8.42 Å². The monoisotopic (exact) mass is 179 g/mol. The molecule has 0 saturated heterocycles. The summed E-state index contributed by atoms with van der Waals surface area (Å²) in [5.41, 5.74) is 0. The molecule has 0 aliphatic heterocycles. The highest BCUT2D eigenvalue weighted by Gasteiger charge is 2.11. The Morgan fingerprint density at radius 1 is 1.22 bits per heavy atom. The van der Waals surface area contributed by atoms with Crippen LogP contribution in [0.3, 0.4) is 0 Å². The Labute approximate surface area is 51.7 Å². The fourth-order valence-corrected chi connectivity index (χ4v) is 1.34. The second-order valence-electron chi connectivity index (χ2n) is 1.12. The second-order valence-corrected chi connectivity index (χ2v) is 3.85. The van der Waals surface area contributed by atoms with E-state index >= 15 is 0 Å². The summed E-state index contributed by atoms with van der Waals surface area (Å²) in [6.07, 6.45) is 0. The summed E-state index contributed by atoms with van der Waals surface area (Å²) in [4.78, 5) is 0. The molecule has 0 bridgehead atoms. The highest BCUT2D eigenvalue weighted by Crippen LogP contribution is 1.90. The van der Waals surface area contributed by atoms with Crippen LogP contribution in [0.25, 0.3) is 0 Å². The van der Waals surface area contributed by atoms with Gasteiger partial charge in [0.2, 0.25) is 0 Å². The van der Waals surface area contributed by atoms with Crippen molar-refractivity contribution in [3.8, 4) is 0 Å². The lowest BCUT2D eigenvalue weighted by Gasteiger charge is -1.92. The molecule has 0 aliphatic rings. The van der Waals surface area contributed by atoms with Gasteiger partial charge in [0.05, 0.1) is 0 Å². The molecule has 1 unspecified atom stereocenters. The lowest BCUT2D eigenvalue weighted by molar-refractivity contribution is 0.546. The van der Waals surface area contributed by atoms with E-state index in [1.54, 1.807) is 0 Å². The molecule has 9 heavy (non-hydrogen) atoms. The summed E-state index contributed by atoms with van der Waals surface area (Å²) in [6, 6.07) is 0. The van der Waals surface area contributed by atoms with Crippen molar-refractivity contribution in [1.82, 2.24) is 4.13 Å². The van der Waals surface area contributed by atoms with E-state index in [1.807, 2.05) is 0 Å². The Kier molecular flexibility index (Phi) is 2.14. The van der Waals surface area contributed by atoms with Gasteiger partial charge >= 0.3 is 10.4 Å². The number of nitrogens with one attached hydrogen (secondary N) is 1. The van der Waals surface area contributed by atoms with Crippen LogP contribution in [0.15, 0.2) is 0 Å². The van der Waals surface area contributed by atoms with Crippen LogP contribution in [0.1, 0.15) is 0 Å². The fraction of sp³-hybridized carbons (Fsp3) is 0. The Bertz CT molecular complexity index is 245. The molecule has 0 heterocycles. The van der Waals surface area contributed by atoms with Crippen molar-refractivity contribution < 1.29 is 20.4 Å². The normalized spacial score (nSPS) is 18.9. The standard InChI is InChI=1S/CH3F2NO3S2/c1-8(2,5)4-9(3,6)7/h1H2,(H,4,5). The van der Waals surface area contributed by atoms with Crippen LogP contribution in [-0.4, -0.2) is 18.5 Å². The minimum absolute atomic E-state index is 0.514. The molecule has 0 fully saturated rings. The van der Waals surface area contributed by atoms with Gasteiger partial charge in [-0.25, -0.2) is 4.21 Å². The number of halogens is 2. The SMILES string of the molecule is C=S(=O)(F)NS(=O)(=O)F. The van der Waals surface area contributed by atoms with E-state index < -0.39 is 20.5 Å². The third kappa shape index (κ3) is 7.79. The van der Waals surface area contributed by atoms with E-state index in [2.05, 4.69) is 5.87 Å². The molecule has 0 aromatic carbocycles. The Morgan fingerprint density at radius 2 is 1.56 bits per heavy atom. The number of rotatable bonds is 2. The molecule has 4 nitrogen and oxygen atoms in total. The van der Waals surface area contributed by atoms with E-state index in [-0.39, 0.29) is 0 Å². The molecule has 1 atom stereocenters. The zero-order chi connectivity index (χ0) is 7.71. The maximum Gasteiger partial charge on any atom is 0.385 e. The first-order valence-electron chi connectivity index (χ1n) is 1.51. The minimum Gasteiger partial charge on any atom is -0.219 e. The Morgan fingerprint density at radius 3 is 1.56 bits per heavy atom. The van der Waals surface area contributed by atoms with Crippen LogP contribution in [0.2, 0.25) is 0 Å². The largest absolute Gasteiger partial charge is 0.385 e. The third-order valence-electron chi connectivity index (χ3n) is 0.224. The molecule has 0 aromatic heterocycles. The number of hydrogen-bond donors (Lipinski definition) is 1. The first kappa shape index (κ1) is 8.79. The molecule has 0 amide bonds. The van der Waals surface area contributed by atoms with Crippen molar-refractivity contribution in [2.24, 2.45) is 0 Å². The predicted octanol–water partition coefficient (Wildman–Crippen LogP) is -0.694. The molecule has 1 N–H and O–H groups in total. The molecule has 8 heteroatoms. The second kappa shape index (κ2) is 2.20. The molecule has 0 aromatic rings. The Balaban J connectivity index is 4.46. The van der Waals surface area contributed by atoms with E-state index in [9.17, 15) is 20.4 Å². The van der Waals surface area contributed by atoms with Crippen LogP contribution < -0.4 is 4.13 Å². The molecular formula is CH3F2NO3S2. The first-order chi connectivity index (χ1) is 3.71. The van der Waals surface area contributed by atoms with Gasteiger partial charge in [0.25, 0.3) is 0 Å². The van der Waals surface area contributed by atoms with Crippen molar-refractivity contribution in [1.29, 1.82) is 0 Å². The van der Waals surface area contributed by atoms with Gasteiger partial charge in [-0.05, 0) is 5.87 Å². The molecule has 0 radical (unpaired) electrons. The number of hydrogen-bond acceptors (Lipinski definition) is 3. The van der Waals surface area contributed by atoms with Crippen LogP contribution in [-0.2, 0) is 20.5 Å². The van der Waals surface area contributed by atoms with Gasteiger partial charge in [0.1, 0.15) is 0 Å². The first-order valence-corrected chi connectivity index (χ1v) is 4.52. The summed E-state index contributed by atoms with van der Waals surface area (Å²) in [5.74, 6) is 2.19. The zero-order valence-electron chi connectivity index (χ0n) is 4.00. The highest BCUT2D eigenvalue weighted by molar-refractivity contribution is 8.04. The zero-order valence-corrected chi connectivity index (χ0v) is 5.64. The molecule has 0 rings (SSSR count). The van der Waals surface area contributed by atoms with E-state index in [1.165, 1.54) is 0 Å². The average molecular weight is 179 g/mol. The van der Waals surface area contributed by atoms with E-state index in [0.717, 1.165) is 0 Å². The molecular weight excluding hydrogens is 176 g/mol. The van der Waals surface area contributed by atoms with Gasteiger partial charge in [-0.15, -0.1) is 3.89 Å². The van der Waals surface area contributed by atoms with Crippen molar-refractivity contribution in [2.75, 3.05) is 0 Å². The lowest BCUT2D eigenvalue weighted by Crippen LogP contribution is -2.22. The van der Waals surface area contributed by atoms with Gasteiger partial charge < -0.3 is 0 Å². The van der Waals surface area contributed by atoms with Crippen molar-refractivity contribution in [2.45, 2.75) is 0 Å². The van der Waals surface area contributed by atoms with Crippen molar-refractivity contribution in [3.05, 3.63) is 0 Å². The maximum absolute atomic E-state index is 11.6. The molecule has 0 aliphatic carbocycles. The fourth-order valence-electron chi connectivity index (χ4n) is 0.149. The summed E-state index contributed by atoms with van der Waals surface area (Å²) in [5, 5.41) is 0. The summed E-state index contributed by atoms with van der Waals surface area (Å²) in [7, 11) is -9.74. The lowest BCUT2D eigenvalue weighted by atomic mass is 12.0. The van der Waals surface area contributed by atoms with Crippen molar-refractivity contribution in [3.63, 3.8) is 0 Å². The molecule has 0 spiro atoms. The maximum atomic E-state index is 11.6. The molecule has 56 valence electrons. The van der Waals surface area contributed by atoms with Gasteiger partial charge in [0, 0.05) is 0 Å². The van der Waals surface area contributed by atoms with Crippen LogP contribution >= 0.6 is 0 Å². The van der Waals surface area contributed by atoms with E-state index in [0.29, 0.717) is 4.13 Å². The topological polar surface area (TPSA) is 63.2 Å². The summed E-state index contributed by atoms with van der Waals surface area (Å²) >= 11 is 0. The van der Waals surface area contributed by atoms with Crippen molar-refractivity contribution >= 4 is 26.4 Å². The minimum atomic E-state index is -5.24. The summed E-state index contributed by atoms with van der Waals surface area (Å²) in [6.45, 7) is 0. The van der Waals surface area contributed by atoms with Gasteiger partial charge in [-0.1, -0.05) is 8.01 Å². The predicted molar refractivity (Wildman–Crippen MR) is 29.5 cm³/mol. The van der Waals surface area contributed by atoms with Gasteiger partial charge in [0.15, 0.2) is 10.1 Å². The highest BCUT2D eigenvalue weighted by atomic mass is 32.3. The van der Waals surface area contributed by atoms with Gasteiger partial charge in [-0.3, -0.25) is 0 Å². The Hall–Kier alpha value is -0.210. The van der Waals surface area contributed by atoms with Crippen LogP contribution in [0.4, 0.5) is 7.77 Å². The van der Waals surface area contributed by atoms with Crippen LogP contribution in [0, 0.1) is 0 Å². The van der Waals surface area contributed by atoms with Crippen LogP contribution in [0.5, 0.6) is 0 Å². The summed E-state index contributed by atoms with van der Waals surface area (Å²) < 4.78 is 51.9. The average Bonchev–Trinajstić information content (AvgIpc) is 1.14. The van der Waals surface area contributed by atoms with E-state index in [4.69, 9.17) is 0 Å². The quantitative estimate of drug-likeness (QED) is 0.450. The third-order valence-corrected chi connectivity index (χ3v) is 2.02. The smallest absolute Gasteiger partial charge is 0.219 e. The molecule has 0 saturated carbocycles.